The fourth-order valence-electron chi connectivity index (χ4n) is 10.7. The molecule has 2 aliphatic rings. The van der Waals surface area contributed by atoms with Gasteiger partial charge in [0.05, 0.1) is 0 Å². The van der Waals surface area contributed by atoms with Crippen LogP contribution in [-0.2, 0) is 21.7 Å². The summed E-state index contributed by atoms with van der Waals surface area (Å²) in [6.45, 7) is 23.5. The van der Waals surface area contributed by atoms with Gasteiger partial charge in [0.15, 0.2) is 0 Å². The molecule has 0 atom stereocenters. The molecule has 0 radical (unpaired) electrons. The topological polar surface area (TPSA) is 0 Å². The molecule has 0 aromatic heterocycles. The number of benzene rings is 8. The van der Waals surface area contributed by atoms with Crippen LogP contribution in [-0.4, -0.2) is 0 Å². The fraction of sp³-hybridized carbons (Fsp3) is 0.286. The second-order valence-corrected chi connectivity index (χ2v) is 19.6. The standard InChI is InChI=1S/C56H54/c1-11-56(12-2)49-30-35(34-16-22-42-43-26-20-39(53(3,4)5)32-48(43)55(9,10)47(42)29-34)17-23-44(49)45-24-18-36(31-50(45)56)41-21-15-33-13-14-37-27-40(54(6,7)8)28-38-19-25-46(41)52(33)51(37)38/h13-32H,11-12H2,1-10H3. The number of hydrogen-bond donors (Lipinski definition) is 0. The molecule has 0 heteroatoms. The number of hydrogen-bond acceptors (Lipinski definition) is 0. The molecule has 0 amide bonds. The van der Waals surface area contributed by atoms with Crippen molar-refractivity contribution in [3.05, 3.63) is 155 Å². The van der Waals surface area contributed by atoms with Crippen LogP contribution < -0.4 is 0 Å². The van der Waals surface area contributed by atoms with E-state index in [4.69, 9.17) is 0 Å². The Labute approximate surface area is 334 Å². The molecular weight excluding hydrogens is 673 g/mol. The monoisotopic (exact) mass is 726 g/mol. The van der Waals surface area contributed by atoms with Crippen molar-refractivity contribution in [3.8, 4) is 44.5 Å². The smallest absolute Gasteiger partial charge is 0.0210 e. The Hall–Kier alpha value is -5.20. The summed E-state index contributed by atoms with van der Waals surface area (Å²) in [6.07, 6.45) is 2.13. The van der Waals surface area contributed by atoms with E-state index in [2.05, 4.69) is 191 Å². The van der Waals surface area contributed by atoms with E-state index in [1.165, 1.54) is 110 Å². The van der Waals surface area contributed by atoms with Gasteiger partial charge in [-0.25, -0.2) is 0 Å². The number of rotatable bonds is 4. The molecule has 0 saturated carbocycles. The molecular formula is C56H54. The summed E-state index contributed by atoms with van der Waals surface area (Å²) < 4.78 is 0. The van der Waals surface area contributed by atoms with Crippen LogP contribution in [0, 0.1) is 0 Å². The average molecular weight is 727 g/mol. The Morgan fingerprint density at radius 3 is 1.43 bits per heavy atom. The third-order valence-electron chi connectivity index (χ3n) is 14.2. The van der Waals surface area contributed by atoms with Gasteiger partial charge in [0.1, 0.15) is 0 Å². The van der Waals surface area contributed by atoms with Crippen molar-refractivity contribution in [2.24, 2.45) is 0 Å². The highest BCUT2D eigenvalue weighted by Gasteiger charge is 2.41. The normalized spacial score (nSPS) is 15.4. The molecule has 0 bridgehead atoms. The summed E-state index contributed by atoms with van der Waals surface area (Å²) >= 11 is 0. The Balaban J connectivity index is 1.07. The van der Waals surface area contributed by atoms with Gasteiger partial charge in [-0.15, -0.1) is 0 Å². The average Bonchev–Trinajstić information content (AvgIpc) is 3.59. The Kier molecular flexibility index (Phi) is 7.34. The van der Waals surface area contributed by atoms with Gasteiger partial charge in [-0.05, 0) is 152 Å². The molecule has 0 N–H and O–H groups in total. The summed E-state index contributed by atoms with van der Waals surface area (Å²) in [5, 5.41) is 8.11. The molecule has 8 aromatic carbocycles. The van der Waals surface area contributed by atoms with Crippen molar-refractivity contribution in [1.82, 2.24) is 0 Å². The van der Waals surface area contributed by atoms with Gasteiger partial charge in [-0.2, -0.15) is 0 Å². The van der Waals surface area contributed by atoms with Gasteiger partial charge in [-0.1, -0.05) is 172 Å². The predicted molar refractivity (Wildman–Crippen MR) is 243 cm³/mol. The van der Waals surface area contributed by atoms with E-state index in [-0.39, 0.29) is 21.7 Å². The molecule has 0 nitrogen and oxygen atoms in total. The van der Waals surface area contributed by atoms with Crippen molar-refractivity contribution in [1.29, 1.82) is 0 Å². The summed E-state index contributed by atoms with van der Waals surface area (Å²) in [5.41, 5.74) is 19.6. The van der Waals surface area contributed by atoms with E-state index in [0.29, 0.717) is 0 Å². The largest absolute Gasteiger partial charge is 0.0642 e. The fourth-order valence-corrected chi connectivity index (χ4v) is 10.7. The second kappa shape index (κ2) is 11.7. The third kappa shape index (κ3) is 4.84. The van der Waals surface area contributed by atoms with Crippen LogP contribution in [0.5, 0.6) is 0 Å². The Bertz CT molecular complexity index is 2890. The minimum Gasteiger partial charge on any atom is -0.0642 e. The van der Waals surface area contributed by atoms with Crippen LogP contribution >= 0.6 is 0 Å². The van der Waals surface area contributed by atoms with E-state index in [1.54, 1.807) is 0 Å². The van der Waals surface area contributed by atoms with Crippen molar-refractivity contribution in [2.75, 3.05) is 0 Å². The molecule has 0 aliphatic heterocycles. The molecule has 8 aromatic rings. The maximum Gasteiger partial charge on any atom is 0.0210 e. The first-order valence-corrected chi connectivity index (χ1v) is 21.0. The van der Waals surface area contributed by atoms with E-state index in [0.717, 1.165) is 12.8 Å². The molecule has 0 unspecified atom stereocenters. The SMILES string of the molecule is CCC1(CC)c2cc(-c3ccc4c(c3)C(C)(C)c3cc(C(C)(C)C)ccc3-4)ccc2-c2ccc(-c3ccc4ccc5cc(C(C)(C)C)cc6ccc3c4c56)cc21. The zero-order valence-corrected chi connectivity index (χ0v) is 35.0. The Morgan fingerprint density at radius 2 is 0.839 bits per heavy atom. The highest BCUT2D eigenvalue weighted by molar-refractivity contribution is 6.25. The highest BCUT2D eigenvalue weighted by Crippen LogP contribution is 2.56. The zero-order chi connectivity index (χ0) is 39.1. The lowest BCUT2D eigenvalue weighted by Crippen LogP contribution is -2.23. The molecule has 0 saturated heterocycles. The molecule has 278 valence electrons. The van der Waals surface area contributed by atoms with Crippen molar-refractivity contribution >= 4 is 32.3 Å². The van der Waals surface area contributed by atoms with Crippen LogP contribution in [0.4, 0.5) is 0 Å². The lowest BCUT2D eigenvalue weighted by molar-refractivity contribution is 0.491. The Morgan fingerprint density at radius 1 is 0.393 bits per heavy atom. The van der Waals surface area contributed by atoms with Gasteiger partial charge in [0.25, 0.3) is 0 Å². The molecule has 56 heavy (non-hydrogen) atoms. The number of fused-ring (bicyclic) bond motifs is 6. The van der Waals surface area contributed by atoms with Gasteiger partial charge in [0, 0.05) is 10.8 Å². The highest BCUT2D eigenvalue weighted by atomic mass is 14.4. The van der Waals surface area contributed by atoms with Gasteiger partial charge in [0.2, 0.25) is 0 Å². The van der Waals surface area contributed by atoms with Crippen molar-refractivity contribution < 1.29 is 0 Å². The molecule has 10 rings (SSSR count). The minimum atomic E-state index is -0.0532. The van der Waals surface area contributed by atoms with Crippen LogP contribution in [0.15, 0.2) is 121 Å². The molecule has 0 fully saturated rings. The van der Waals surface area contributed by atoms with E-state index in [9.17, 15) is 0 Å². The zero-order valence-electron chi connectivity index (χ0n) is 35.0. The van der Waals surface area contributed by atoms with Gasteiger partial charge < -0.3 is 0 Å². The van der Waals surface area contributed by atoms with Crippen molar-refractivity contribution in [2.45, 2.75) is 104 Å². The van der Waals surface area contributed by atoms with Crippen LogP contribution in [0.25, 0.3) is 76.8 Å². The van der Waals surface area contributed by atoms with E-state index in [1.807, 2.05) is 0 Å². The van der Waals surface area contributed by atoms with Crippen molar-refractivity contribution in [3.63, 3.8) is 0 Å². The van der Waals surface area contributed by atoms with E-state index >= 15 is 0 Å². The van der Waals surface area contributed by atoms with E-state index < -0.39 is 0 Å². The van der Waals surface area contributed by atoms with Gasteiger partial charge >= 0.3 is 0 Å². The maximum atomic E-state index is 2.55. The predicted octanol–water partition coefficient (Wildman–Crippen LogP) is 15.9. The first kappa shape index (κ1) is 35.2. The first-order valence-electron chi connectivity index (χ1n) is 21.0. The molecule has 0 spiro atoms. The quantitative estimate of drug-likeness (QED) is 0.158. The molecule has 0 heterocycles. The third-order valence-corrected chi connectivity index (χ3v) is 14.2. The summed E-state index contributed by atoms with van der Waals surface area (Å²) in [7, 11) is 0. The second-order valence-electron chi connectivity index (χ2n) is 19.6. The summed E-state index contributed by atoms with van der Waals surface area (Å²) in [6, 6.07) is 48.0. The van der Waals surface area contributed by atoms with Crippen LogP contribution in [0.2, 0.25) is 0 Å². The lowest BCUT2D eigenvalue weighted by atomic mass is 9.73. The minimum absolute atomic E-state index is 0.0422. The summed E-state index contributed by atoms with van der Waals surface area (Å²) in [4.78, 5) is 0. The summed E-state index contributed by atoms with van der Waals surface area (Å²) in [5.74, 6) is 0. The maximum absolute atomic E-state index is 2.55. The van der Waals surface area contributed by atoms with Crippen LogP contribution in [0.1, 0.15) is 115 Å². The first-order chi connectivity index (χ1) is 26.6. The lowest BCUT2D eigenvalue weighted by Gasteiger charge is -2.30. The van der Waals surface area contributed by atoms with Gasteiger partial charge in [-0.3, -0.25) is 0 Å². The molecule has 2 aliphatic carbocycles. The van der Waals surface area contributed by atoms with Crippen LogP contribution in [0.3, 0.4) is 0 Å².